The summed E-state index contributed by atoms with van der Waals surface area (Å²) >= 11 is 0. The van der Waals surface area contributed by atoms with E-state index < -0.39 is 50.9 Å². The lowest BCUT2D eigenvalue weighted by molar-refractivity contribution is -0.285. The van der Waals surface area contributed by atoms with E-state index in [1.807, 2.05) is 30.3 Å². The molecule has 0 spiro atoms. The van der Waals surface area contributed by atoms with E-state index in [1.165, 1.54) is 0 Å². The molecule has 1 aliphatic rings. The van der Waals surface area contributed by atoms with Gasteiger partial charge < -0.3 is 34.2 Å². The molecule has 0 radical (unpaired) electrons. The van der Waals surface area contributed by atoms with E-state index in [0.717, 1.165) is 12.7 Å². The number of aliphatic hydroxyl groups is 3. The molecule has 1 saturated heterocycles. The largest absolute Gasteiger partial charge is 0.394 e. The van der Waals surface area contributed by atoms with Gasteiger partial charge in [-0.15, -0.1) is 0 Å². The quantitative estimate of drug-likeness (QED) is 0.503. The van der Waals surface area contributed by atoms with Crippen LogP contribution >= 0.6 is 7.60 Å². The summed E-state index contributed by atoms with van der Waals surface area (Å²) < 4.78 is 27.5. The Hall–Kier alpha value is -0.830. The van der Waals surface area contributed by atoms with E-state index >= 15 is 0 Å². The molecule has 1 aromatic carbocycles. The Morgan fingerprint density at radius 3 is 2.46 bits per heavy atom. The second-order valence-electron chi connectivity index (χ2n) is 5.67. The van der Waals surface area contributed by atoms with Crippen LogP contribution in [0, 0.1) is 5.92 Å². The number of hydrogen-bond donors (Lipinski definition) is 4. The van der Waals surface area contributed by atoms with Crippen molar-refractivity contribution in [3.63, 3.8) is 0 Å². The molecule has 2 rings (SSSR count). The van der Waals surface area contributed by atoms with E-state index in [1.54, 1.807) is 0 Å². The third-order valence-electron chi connectivity index (χ3n) is 3.99. The SMILES string of the molecule is COP(=O)(O)C[C@H]1[C@H](OCc2ccccc2)O[C@H](CO)[C@@H](O)[C@@H]1O. The van der Waals surface area contributed by atoms with Crippen molar-refractivity contribution in [2.24, 2.45) is 5.92 Å². The molecule has 4 N–H and O–H groups in total. The van der Waals surface area contributed by atoms with Gasteiger partial charge in [0.25, 0.3) is 0 Å². The molecule has 1 aromatic rings. The van der Waals surface area contributed by atoms with Gasteiger partial charge in [-0.2, -0.15) is 0 Å². The summed E-state index contributed by atoms with van der Waals surface area (Å²) in [5.41, 5.74) is 0.847. The summed E-state index contributed by atoms with van der Waals surface area (Å²) in [4.78, 5) is 9.69. The molecule has 6 atom stereocenters. The van der Waals surface area contributed by atoms with Crippen LogP contribution in [-0.4, -0.2) is 64.7 Å². The van der Waals surface area contributed by atoms with Gasteiger partial charge >= 0.3 is 7.60 Å². The topological polar surface area (TPSA) is 126 Å². The van der Waals surface area contributed by atoms with Crippen molar-refractivity contribution in [3.05, 3.63) is 35.9 Å². The van der Waals surface area contributed by atoms with Crippen molar-refractivity contribution in [1.29, 1.82) is 0 Å². The zero-order valence-electron chi connectivity index (χ0n) is 13.3. The summed E-state index contributed by atoms with van der Waals surface area (Å²) in [5, 5.41) is 29.5. The van der Waals surface area contributed by atoms with E-state index in [0.29, 0.717) is 0 Å². The fourth-order valence-corrected chi connectivity index (χ4v) is 3.66. The molecule has 0 aromatic heterocycles. The molecule has 9 heteroatoms. The van der Waals surface area contributed by atoms with E-state index in [2.05, 4.69) is 4.52 Å². The Kier molecular flexibility index (Phi) is 6.91. The molecular weight excluding hydrogens is 339 g/mol. The minimum Gasteiger partial charge on any atom is -0.394 e. The highest BCUT2D eigenvalue weighted by Crippen LogP contribution is 2.46. The molecule has 1 fully saturated rings. The zero-order chi connectivity index (χ0) is 17.7. The maximum atomic E-state index is 11.9. The number of aliphatic hydroxyl groups excluding tert-OH is 3. The predicted molar refractivity (Wildman–Crippen MR) is 84.2 cm³/mol. The second kappa shape index (κ2) is 8.51. The van der Waals surface area contributed by atoms with Crippen molar-refractivity contribution >= 4 is 7.60 Å². The van der Waals surface area contributed by atoms with E-state index in [9.17, 15) is 24.8 Å². The molecule has 0 aliphatic carbocycles. The molecule has 1 aliphatic heterocycles. The summed E-state index contributed by atoms with van der Waals surface area (Å²) in [7, 11) is -2.87. The maximum absolute atomic E-state index is 11.9. The smallest absolute Gasteiger partial charge is 0.328 e. The van der Waals surface area contributed by atoms with Crippen molar-refractivity contribution in [2.75, 3.05) is 19.9 Å². The van der Waals surface area contributed by atoms with Crippen molar-refractivity contribution < 1.29 is 38.8 Å². The van der Waals surface area contributed by atoms with Crippen molar-refractivity contribution in [1.82, 2.24) is 0 Å². The van der Waals surface area contributed by atoms with Crippen LogP contribution in [0.5, 0.6) is 0 Å². The molecule has 24 heavy (non-hydrogen) atoms. The molecule has 136 valence electrons. The van der Waals surface area contributed by atoms with Gasteiger partial charge in [0.05, 0.1) is 25.5 Å². The highest BCUT2D eigenvalue weighted by atomic mass is 31.2. The number of rotatable bonds is 7. The van der Waals surface area contributed by atoms with Crippen LogP contribution in [0.1, 0.15) is 5.56 Å². The average molecular weight is 362 g/mol. The van der Waals surface area contributed by atoms with E-state index in [4.69, 9.17) is 9.47 Å². The van der Waals surface area contributed by atoms with Crippen LogP contribution in [0.2, 0.25) is 0 Å². The highest BCUT2D eigenvalue weighted by molar-refractivity contribution is 7.52. The van der Waals surface area contributed by atoms with Crippen LogP contribution in [0.25, 0.3) is 0 Å². The second-order valence-corrected chi connectivity index (χ2v) is 7.67. The lowest BCUT2D eigenvalue weighted by Crippen LogP contribution is -2.57. The third-order valence-corrected chi connectivity index (χ3v) is 5.45. The first-order valence-electron chi connectivity index (χ1n) is 7.53. The third kappa shape index (κ3) is 4.84. The van der Waals surface area contributed by atoms with Gasteiger partial charge in [-0.1, -0.05) is 30.3 Å². The zero-order valence-corrected chi connectivity index (χ0v) is 14.2. The summed E-state index contributed by atoms with van der Waals surface area (Å²) in [6.45, 7) is -0.372. The molecule has 1 heterocycles. The first-order valence-corrected chi connectivity index (χ1v) is 9.29. The van der Waals surface area contributed by atoms with Crippen LogP contribution in [0.3, 0.4) is 0 Å². The average Bonchev–Trinajstić information content (AvgIpc) is 2.59. The monoisotopic (exact) mass is 362 g/mol. The summed E-state index contributed by atoms with van der Waals surface area (Å²) in [6, 6.07) is 9.18. The normalized spacial score (nSPS) is 33.1. The first kappa shape index (κ1) is 19.5. The Morgan fingerprint density at radius 1 is 1.21 bits per heavy atom. The Bertz CT molecular complexity index is 554. The van der Waals surface area contributed by atoms with Gasteiger partial charge in [-0.25, -0.2) is 0 Å². The molecule has 0 bridgehead atoms. The summed E-state index contributed by atoms with van der Waals surface area (Å²) in [5.74, 6) is -0.984. The number of benzene rings is 1. The van der Waals surface area contributed by atoms with E-state index in [-0.39, 0.29) is 6.61 Å². The molecular formula is C15H23O8P. The predicted octanol–water partition coefficient (Wildman–Crippen LogP) is 0.0902. The summed E-state index contributed by atoms with van der Waals surface area (Å²) in [6.07, 6.45) is -5.35. The maximum Gasteiger partial charge on any atom is 0.328 e. The van der Waals surface area contributed by atoms with Gasteiger partial charge in [0.1, 0.15) is 12.2 Å². The standard InChI is InChI=1S/C15H23O8P/c1-21-24(19,20)9-11-13(17)14(18)12(7-16)23-15(11)22-8-10-5-3-2-4-6-10/h2-6,11-18H,7-9H2,1H3,(H,19,20)/t11-,12-,13-,14-,15-/m1/s1. The van der Waals surface area contributed by atoms with Crippen molar-refractivity contribution in [2.45, 2.75) is 31.2 Å². The van der Waals surface area contributed by atoms with Crippen LogP contribution in [-0.2, 0) is 25.2 Å². The van der Waals surface area contributed by atoms with Crippen LogP contribution in [0.4, 0.5) is 0 Å². The minimum atomic E-state index is -3.96. The van der Waals surface area contributed by atoms with Gasteiger partial charge in [-0.3, -0.25) is 4.57 Å². The fraction of sp³-hybridized carbons (Fsp3) is 0.600. The lowest BCUT2D eigenvalue weighted by atomic mass is 9.92. The highest BCUT2D eigenvalue weighted by Gasteiger charge is 2.47. The van der Waals surface area contributed by atoms with Crippen LogP contribution in [0.15, 0.2) is 30.3 Å². The Labute approximate surface area is 140 Å². The lowest BCUT2D eigenvalue weighted by Gasteiger charge is -2.42. The Balaban J connectivity index is 2.13. The Morgan fingerprint density at radius 2 is 1.88 bits per heavy atom. The molecule has 0 saturated carbocycles. The van der Waals surface area contributed by atoms with Crippen molar-refractivity contribution in [3.8, 4) is 0 Å². The fourth-order valence-electron chi connectivity index (χ4n) is 2.59. The van der Waals surface area contributed by atoms with Gasteiger partial charge in [-0.05, 0) is 5.56 Å². The first-order chi connectivity index (χ1) is 11.4. The van der Waals surface area contributed by atoms with Gasteiger partial charge in [0, 0.05) is 13.0 Å². The molecule has 8 nitrogen and oxygen atoms in total. The molecule has 1 unspecified atom stereocenters. The van der Waals surface area contributed by atoms with Gasteiger partial charge in [0.15, 0.2) is 6.29 Å². The number of ether oxygens (including phenoxy) is 2. The van der Waals surface area contributed by atoms with Crippen LogP contribution < -0.4 is 0 Å². The number of hydrogen-bond acceptors (Lipinski definition) is 7. The van der Waals surface area contributed by atoms with Gasteiger partial charge in [0.2, 0.25) is 0 Å². The molecule has 0 amide bonds. The minimum absolute atomic E-state index is 0.145.